The predicted octanol–water partition coefficient (Wildman–Crippen LogP) is -1.03. The molecule has 0 aromatic heterocycles. The van der Waals surface area contributed by atoms with Crippen molar-refractivity contribution in [3.8, 4) is 0 Å². The molecule has 0 aromatic rings. The monoisotopic (exact) mass is 210 g/mol. The summed E-state index contributed by atoms with van der Waals surface area (Å²) in [5, 5.41) is 0. The standard InChI is InChI=1S/C8H13O.Rb/c1-7-5-3-2-4-6-8(7)9;/h6-7H,2-5H2,1H3;/q-1;+1. The van der Waals surface area contributed by atoms with Crippen LogP contribution in [0.2, 0.25) is 0 Å². The third-order valence-corrected chi connectivity index (χ3v) is 1.92. The van der Waals surface area contributed by atoms with Gasteiger partial charge in [-0.1, -0.05) is 19.8 Å². The number of ketones is 1. The van der Waals surface area contributed by atoms with E-state index in [-0.39, 0.29) is 58.2 Å². The van der Waals surface area contributed by atoms with Gasteiger partial charge in [0.15, 0.2) is 0 Å². The summed E-state index contributed by atoms with van der Waals surface area (Å²) in [6, 6.07) is 0. The SMILES string of the molecule is CC1CCCC[CH-]C1=O.[Rb+]. The van der Waals surface area contributed by atoms with Crippen molar-refractivity contribution < 1.29 is 63.0 Å². The van der Waals surface area contributed by atoms with Gasteiger partial charge in [0, 0.05) is 5.78 Å². The Morgan fingerprint density at radius 2 is 2.20 bits per heavy atom. The molecular formula is C8H13ORb. The summed E-state index contributed by atoms with van der Waals surface area (Å²) in [4.78, 5) is 11.0. The maximum Gasteiger partial charge on any atom is 1.00 e. The van der Waals surface area contributed by atoms with Gasteiger partial charge in [-0.3, -0.25) is 0 Å². The molecule has 10 heavy (non-hydrogen) atoms. The number of Topliss-reactive ketones (excluding diaryl/α,β-unsaturated/α-hetero) is 1. The van der Waals surface area contributed by atoms with Gasteiger partial charge in [-0.2, -0.15) is 6.42 Å². The number of hydrogen-bond acceptors (Lipinski definition) is 1. The summed E-state index contributed by atoms with van der Waals surface area (Å²) < 4.78 is 0. The van der Waals surface area contributed by atoms with Crippen LogP contribution in [0.25, 0.3) is 0 Å². The Morgan fingerprint density at radius 3 is 2.90 bits per heavy atom. The van der Waals surface area contributed by atoms with Gasteiger partial charge < -0.3 is 11.2 Å². The first-order chi connectivity index (χ1) is 4.30. The van der Waals surface area contributed by atoms with Gasteiger partial charge in [0.1, 0.15) is 0 Å². The molecule has 1 rings (SSSR count). The van der Waals surface area contributed by atoms with Gasteiger partial charge in [0.05, 0.1) is 0 Å². The molecule has 1 aliphatic carbocycles. The molecule has 1 saturated carbocycles. The van der Waals surface area contributed by atoms with Crippen molar-refractivity contribution in [2.24, 2.45) is 5.92 Å². The predicted molar refractivity (Wildman–Crippen MR) is 36.9 cm³/mol. The number of carbonyl (C=O) groups excluding carboxylic acids is 1. The van der Waals surface area contributed by atoms with Crippen LogP contribution in [0.4, 0.5) is 0 Å². The van der Waals surface area contributed by atoms with Crippen molar-refractivity contribution in [3.05, 3.63) is 6.42 Å². The van der Waals surface area contributed by atoms with Gasteiger partial charge in [-0.05, 0) is 12.3 Å². The Balaban J connectivity index is 0.000000810. The van der Waals surface area contributed by atoms with E-state index in [1.165, 1.54) is 12.8 Å². The summed E-state index contributed by atoms with van der Waals surface area (Å²) in [6.45, 7) is 2.02. The van der Waals surface area contributed by atoms with Crippen LogP contribution in [-0.4, -0.2) is 5.78 Å². The summed E-state index contributed by atoms with van der Waals surface area (Å²) in [5.41, 5.74) is 0. The van der Waals surface area contributed by atoms with Crippen LogP contribution in [0.1, 0.15) is 32.6 Å². The zero-order valence-corrected chi connectivity index (χ0v) is 11.8. The molecular weight excluding hydrogens is 198 g/mol. The van der Waals surface area contributed by atoms with Crippen LogP contribution in [-0.2, 0) is 4.79 Å². The van der Waals surface area contributed by atoms with Crippen molar-refractivity contribution in [3.63, 3.8) is 0 Å². The van der Waals surface area contributed by atoms with E-state index >= 15 is 0 Å². The normalized spacial score (nSPS) is 26.1. The number of rotatable bonds is 0. The Hall–Kier alpha value is 1.35. The van der Waals surface area contributed by atoms with E-state index in [2.05, 4.69) is 0 Å². The van der Waals surface area contributed by atoms with Crippen LogP contribution in [0.15, 0.2) is 0 Å². The molecule has 2 heteroatoms. The summed E-state index contributed by atoms with van der Waals surface area (Å²) in [5.74, 6) is 0.653. The Kier molecular flexibility index (Phi) is 6.73. The first-order valence-corrected chi connectivity index (χ1v) is 3.68. The Bertz CT molecular complexity index is 112. The molecule has 0 radical (unpaired) electrons. The zero-order valence-electron chi connectivity index (χ0n) is 6.89. The minimum absolute atomic E-state index is 0. The second kappa shape index (κ2) is 5.93. The fraction of sp³-hybridized carbons (Fsp3) is 0.750. The van der Waals surface area contributed by atoms with Crippen LogP contribution in [0, 0.1) is 12.3 Å². The van der Waals surface area contributed by atoms with Crippen LogP contribution >= 0.6 is 0 Å². The minimum Gasteiger partial charge on any atom is -0.334 e. The van der Waals surface area contributed by atoms with Crippen LogP contribution in [0.5, 0.6) is 0 Å². The molecule has 52 valence electrons. The molecule has 0 amide bonds. The van der Waals surface area contributed by atoms with Gasteiger partial charge >= 0.3 is 58.2 Å². The molecule has 0 aromatic carbocycles. The van der Waals surface area contributed by atoms with Gasteiger partial charge in [-0.15, -0.1) is 0 Å². The number of hydrogen-bond donors (Lipinski definition) is 0. The molecule has 1 atom stereocenters. The molecule has 1 aliphatic rings. The molecule has 0 saturated heterocycles. The second-order valence-corrected chi connectivity index (χ2v) is 2.79. The fourth-order valence-corrected chi connectivity index (χ4v) is 1.18. The van der Waals surface area contributed by atoms with E-state index in [4.69, 9.17) is 0 Å². The average molecular weight is 211 g/mol. The second-order valence-electron chi connectivity index (χ2n) is 2.79. The van der Waals surface area contributed by atoms with Gasteiger partial charge in [-0.25, -0.2) is 0 Å². The van der Waals surface area contributed by atoms with Gasteiger partial charge in [0.2, 0.25) is 0 Å². The third kappa shape index (κ3) is 3.65. The molecule has 0 bridgehead atoms. The minimum atomic E-state index is 0. The smallest absolute Gasteiger partial charge is 0.334 e. The summed E-state index contributed by atoms with van der Waals surface area (Å²) in [7, 11) is 0. The molecule has 1 unspecified atom stereocenters. The van der Waals surface area contributed by atoms with Crippen molar-refractivity contribution >= 4 is 5.78 Å². The van der Waals surface area contributed by atoms with E-state index < -0.39 is 0 Å². The average Bonchev–Trinajstić information content (AvgIpc) is 1.99. The van der Waals surface area contributed by atoms with E-state index in [1.807, 2.05) is 13.3 Å². The Labute approximate surface area is 112 Å². The first kappa shape index (κ1) is 11.3. The largest absolute Gasteiger partial charge is 1.00 e. The van der Waals surface area contributed by atoms with Crippen molar-refractivity contribution in [2.75, 3.05) is 0 Å². The number of carbonyl (C=O) groups is 1. The maximum atomic E-state index is 11.0. The van der Waals surface area contributed by atoms with Crippen molar-refractivity contribution in [1.82, 2.24) is 0 Å². The Morgan fingerprint density at radius 1 is 1.50 bits per heavy atom. The van der Waals surface area contributed by atoms with Crippen molar-refractivity contribution in [2.45, 2.75) is 32.6 Å². The first-order valence-electron chi connectivity index (χ1n) is 3.68. The van der Waals surface area contributed by atoms with Crippen molar-refractivity contribution in [1.29, 1.82) is 0 Å². The molecule has 0 N–H and O–H groups in total. The summed E-state index contributed by atoms with van der Waals surface area (Å²) >= 11 is 0. The van der Waals surface area contributed by atoms with E-state index in [0.29, 0.717) is 11.7 Å². The van der Waals surface area contributed by atoms with E-state index in [0.717, 1.165) is 12.8 Å². The van der Waals surface area contributed by atoms with Crippen LogP contribution in [0.3, 0.4) is 0 Å². The van der Waals surface area contributed by atoms with Gasteiger partial charge in [0.25, 0.3) is 0 Å². The quantitative estimate of drug-likeness (QED) is 0.369. The van der Waals surface area contributed by atoms with E-state index in [9.17, 15) is 4.79 Å². The molecule has 0 heterocycles. The molecule has 0 aliphatic heterocycles. The van der Waals surface area contributed by atoms with E-state index in [1.54, 1.807) is 0 Å². The topological polar surface area (TPSA) is 17.1 Å². The molecule has 0 spiro atoms. The summed E-state index contributed by atoms with van der Waals surface area (Å²) in [6.07, 6.45) is 6.37. The fourth-order valence-electron chi connectivity index (χ4n) is 1.18. The molecule has 1 fully saturated rings. The third-order valence-electron chi connectivity index (χ3n) is 1.92. The zero-order chi connectivity index (χ0) is 6.69. The van der Waals surface area contributed by atoms with Crippen LogP contribution < -0.4 is 58.2 Å². The maximum absolute atomic E-state index is 11.0. The molecule has 1 nitrogen and oxygen atoms in total.